The Labute approximate surface area is 178 Å². The lowest BCUT2D eigenvalue weighted by atomic mass is 10.1. The first-order chi connectivity index (χ1) is 12.0. The molecule has 0 radical (unpaired) electrons. The summed E-state index contributed by atoms with van der Waals surface area (Å²) in [6.07, 6.45) is 3.12. The third-order valence-corrected chi connectivity index (χ3v) is 4.87. The maximum atomic E-state index is 4.49. The van der Waals surface area contributed by atoms with Crippen LogP contribution in [0.3, 0.4) is 0 Å². The number of nitrogens with zero attached hydrogens (tertiary/aromatic N) is 3. The van der Waals surface area contributed by atoms with Gasteiger partial charge in [-0.2, -0.15) is 5.10 Å². The van der Waals surface area contributed by atoms with E-state index >= 15 is 0 Å². The van der Waals surface area contributed by atoms with Crippen molar-refractivity contribution < 1.29 is 0 Å². The van der Waals surface area contributed by atoms with Gasteiger partial charge in [0, 0.05) is 37.3 Å². The summed E-state index contributed by atoms with van der Waals surface area (Å²) in [6, 6.07) is 8.68. The van der Waals surface area contributed by atoms with Crippen LogP contribution < -0.4 is 10.6 Å². The lowest BCUT2D eigenvalue weighted by molar-refractivity contribution is 0.555. The summed E-state index contributed by atoms with van der Waals surface area (Å²) in [5.41, 5.74) is 4.87. The second-order valence-corrected chi connectivity index (χ2v) is 7.02. The molecule has 1 aromatic heterocycles. The summed E-state index contributed by atoms with van der Waals surface area (Å²) in [6.45, 7) is 8.80. The summed E-state index contributed by atoms with van der Waals surface area (Å²) < 4.78 is 2.06. The van der Waals surface area contributed by atoms with E-state index in [1.54, 1.807) is 18.8 Å². The van der Waals surface area contributed by atoms with Crippen molar-refractivity contribution in [2.75, 3.05) is 19.8 Å². The highest BCUT2D eigenvalue weighted by Crippen LogP contribution is 2.21. The molecule has 0 bridgehead atoms. The molecule has 2 rings (SSSR count). The van der Waals surface area contributed by atoms with Gasteiger partial charge in [-0.1, -0.05) is 12.1 Å². The van der Waals surface area contributed by atoms with Crippen LogP contribution in [-0.4, -0.2) is 35.6 Å². The topological polar surface area (TPSA) is 54.2 Å². The standard InChI is InChI=1S/C19H29N5S.HI/c1-14-7-8-17(18(11-14)25-5)13-22-19(20-4)21-9-6-10-24-16(3)12-15(2)23-24;/h7-8,11-12H,6,9-10,13H2,1-5H3,(H2,20,21,22);1H. The normalized spacial score (nSPS) is 11.2. The molecule has 0 amide bonds. The molecule has 2 aromatic rings. The second-order valence-electron chi connectivity index (χ2n) is 6.17. The summed E-state index contributed by atoms with van der Waals surface area (Å²) in [4.78, 5) is 5.62. The van der Waals surface area contributed by atoms with Crippen LogP contribution in [-0.2, 0) is 13.1 Å². The van der Waals surface area contributed by atoms with Gasteiger partial charge >= 0.3 is 0 Å². The molecule has 0 aliphatic rings. The average molecular weight is 487 g/mol. The van der Waals surface area contributed by atoms with Crippen molar-refractivity contribution in [1.29, 1.82) is 0 Å². The van der Waals surface area contributed by atoms with Gasteiger partial charge in [0.05, 0.1) is 5.69 Å². The number of hydrogen-bond donors (Lipinski definition) is 2. The molecule has 5 nitrogen and oxygen atoms in total. The molecule has 2 N–H and O–H groups in total. The van der Waals surface area contributed by atoms with E-state index in [0.29, 0.717) is 0 Å². The third-order valence-electron chi connectivity index (χ3n) is 4.05. The Morgan fingerprint density at radius 3 is 2.58 bits per heavy atom. The summed E-state index contributed by atoms with van der Waals surface area (Å²) in [7, 11) is 1.81. The number of aromatic nitrogens is 2. The monoisotopic (exact) mass is 487 g/mol. The number of nitrogens with one attached hydrogen (secondary N) is 2. The molecule has 0 aliphatic carbocycles. The van der Waals surface area contributed by atoms with E-state index in [-0.39, 0.29) is 24.0 Å². The van der Waals surface area contributed by atoms with E-state index in [2.05, 4.69) is 69.8 Å². The Morgan fingerprint density at radius 2 is 1.96 bits per heavy atom. The SMILES string of the molecule is CN=C(NCCCn1nc(C)cc1C)NCc1ccc(C)cc1SC.I. The molecule has 0 unspecified atom stereocenters. The van der Waals surface area contributed by atoms with Crippen LogP contribution in [0.2, 0.25) is 0 Å². The van der Waals surface area contributed by atoms with Crippen LogP contribution in [0.15, 0.2) is 34.2 Å². The van der Waals surface area contributed by atoms with Gasteiger partial charge in [-0.05, 0) is 56.7 Å². The van der Waals surface area contributed by atoms with Gasteiger partial charge in [0.1, 0.15) is 0 Å². The number of aliphatic imine (C=N–C) groups is 1. The van der Waals surface area contributed by atoms with Crippen LogP contribution in [0.1, 0.15) is 28.9 Å². The van der Waals surface area contributed by atoms with E-state index in [9.17, 15) is 0 Å². The van der Waals surface area contributed by atoms with E-state index in [1.165, 1.54) is 21.7 Å². The molecule has 144 valence electrons. The summed E-state index contributed by atoms with van der Waals surface area (Å²) in [5, 5.41) is 11.3. The number of benzene rings is 1. The van der Waals surface area contributed by atoms with Crippen LogP contribution in [0.4, 0.5) is 0 Å². The molecule has 0 fully saturated rings. The van der Waals surface area contributed by atoms with Crippen molar-refractivity contribution in [3.63, 3.8) is 0 Å². The predicted molar refractivity (Wildman–Crippen MR) is 123 cm³/mol. The Balaban J connectivity index is 0.00000338. The Kier molecular flexibility index (Phi) is 10.1. The van der Waals surface area contributed by atoms with Crippen LogP contribution in [0.5, 0.6) is 0 Å². The number of rotatable bonds is 7. The minimum absolute atomic E-state index is 0. The minimum Gasteiger partial charge on any atom is -0.356 e. The molecule has 0 saturated heterocycles. The molecular weight excluding hydrogens is 457 g/mol. The number of halogens is 1. The number of aryl methyl sites for hydroxylation is 4. The highest BCUT2D eigenvalue weighted by atomic mass is 127. The van der Waals surface area contributed by atoms with Gasteiger partial charge in [0.15, 0.2) is 5.96 Å². The zero-order valence-electron chi connectivity index (χ0n) is 16.3. The number of guanidine groups is 1. The van der Waals surface area contributed by atoms with E-state index in [1.807, 2.05) is 6.92 Å². The Hall–Kier alpha value is -1.22. The van der Waals surface area contributed by atoms with E-state index in [4.69, 9.17) is 0 Å². The summed E-state index contributed by atoms with van der Waals surface area (Å²) >= 11 is 1.78. The fraction of sp³-hybridized carbons (Fsp3) is 0.474. The Bertz CT molecular complexity index is 727. The van der Waals surface area contributed by atoms with Gasteiger partial charge in [-0.3, -0.25) is 9.67 Å². The quantitative estimate of drug-likeness (QED) is 0.205. The first-order valence-electron chi connectivity index (χ1n) is 8.62. The van der Waals surface area contributed by atoms with Crippen molar-refractivity contribution in [2.24, 2.45) is 4.99 Å². The molecule has 0 aliphatic heterocycles. The smallest absolute Gasteiger partial charge is 0.191 e. The van der Waals surface area contributed by atoms with E-state index < -0.39 is 0 Å². The zero-order valence-corrected chi connectivity index (χ0v) is 19.4. The average Bonchev–Trinajstić information content (AvgIpc) is 2.92. The van der Waals surface area contributed by atoms with Gasteiger partial charge in [0.2, 0.25) is 0 Å². The maximum absolute atomic E-state index is 4.49. The molecule has 7 heteroatoms. The largest absolute Gasteiger partial charge is 0.356 e. The number of hydrogen-bond acceptors (Lipinski definition) is 3. The second kappa shape index (κ2) is 11.5. The predicted octanol–water partition coefficient (Wildman–Crippen LogP) is 3.90. The lowest BCUT2D eigenvalue weighted by Crippen LogP contribution is -2.37. The highest BCUT2D eigenvalue weighted by molar-refractivity contribution is 14.0. The lowest BCUT2D eigenvalue weighted by Gasteiger charge is -2.14. The van der Waals surface area contributed by atoms with Crippen LogP contribution in [0, 0.1) is 20.8 Å². The van der Waals surface area contributed by atoms with Gasteiger partial charge < -0.3 is 10.6 Å². The molecule has 1 aromatic carbocycles. The fourth-order valence-corrected chi connectivity index (χ4v) is 3.44. The van der Waals surface area contributed by atoms with Crippen molar-refractivity contribution in [3.8, 4) is 0 Å². The van der Waals surface area contributed by atoms with E-state index in [0.717, 1.165) is 37.7 Å². The molecule has 0 spiro atoms. The first-order valence-corrected chi connectivity index (χ1v) is 9.85. The van der Waals surface area contributed by atoms with Crippen LogP contribution in [0.25, 0.3) is 0 Å². The first kappa shape index (κ1) is 22.8. The van der Waals surface area contributed by atoms with Gasteiger partial charge in [0.25, 0.3) is 0 Å². The summed E-state index contributed by atoms with van der Waals surface area (Å²) in [5.74, 6) is 0.834. The van der Waals surface area contributed by atoms with Crippen molar-refractivity contribution in [2.45, 2.75) is 45.2 Å². The van der Waals surface area contributed by atoms with Crippen molar-refractivity contribution in [1.82, 2.24) is 20.4 Å². The fourth-order valence-electron chi connectivity index (χ4n) is 2.73. The highest BCUT2D eigenvalue weighted by Gasteiger charge is 2.04. The Morgan fingerprint density at radius 1 is 1.19 bits per heavy atom. The van der Waals surface area contributed by atoms with Crippen LogP contribution >= 0.6 is 35.7 Å². The molecular formula is C19H30IN5S. The van der Waals surface area contributed by atoms with Gasteiger partial charge in [-0.25, -0.2) is 0 Å². The van der Waals surface area contributed by atoms with Gasteiger partial charge in [-0.15, -0.1) is 35.7 Å². The zero-order chi connectivity index (χ0) is 18.2. The molecule has 1 heterocycles. The van der Waals surface area contributed by atoms with Crippen molar-refractivity contribution in [3.05, 3.63) is 46.8 Å². The minimum atomic E-state index is 0. The number of thioether (sulfide) groups is 1. The third kappa shape index (κ3) is 6.83. The molecule has 0 atom stereocenters. The molecule has 0 saturated carbocycles. The molecule has 26 heavy (non-hydrogen) atoms. The van der Waals surface area contributed by atoms with Crippen molar-refractivity contribution >= 4 is 41.7 Å². The maximum Gasteiger partial charge on any atom is 0.191 e.